The first-order chi connectivity index (χ1) is 13.1. The summed E-state index contributed by atoms with van der Waals surface area (Å²) in [5.41, 5.74) is 2.24. The van der Waals surface area contributed by atoms with Gasteiger partial charge in [-0.25, -0.2) is 0 Å². The number of aromatic nitrogens is 3. The van der Waals surface area contributed by atoms with E-state index in [1.807, 2.05) is 4.57 Å². The molecule has 0 amide bonds. The second-order valence-corrected chi connectivity index (χ2v) is 6.55. The van der Waals surface area contributed by atoms with Crippen LogP contribution in [0.5, 0.6) is 11.5 Å². The maximum Gasteiger partial charge on any atom is 0.191 e. The minimum Gasteiger partial charge on any atom is -0.496 e. The van der Waals surface area contributed by atoms with Gasteiger partial charge in [0.1, 0.15) is 29.8 Å². The Hall–Kier alpha value is -2.04. The molecule has 28 heavy (non-hydrogen) atoms. The minimum atomic E-state index is 0. The average Bonchev–Trinajstić information content (AvgIpc) is 3.27. The van der Waals surface area contributed by atoms with Crippen LogP contribution in [-0.2, 0) is 25.9 Å². The third-order valence-corrected chi connectivity index (χ3v) is 4.63. The number of nitrogens with zero attached hydrogens (tertiary/aromatic N) is 4. The van der Waals surface area contributed by atoms with E-state index in [0.29, 0.717) is 6.54 Å². The van der Waals surface area contributed by atoms with Crippen molar-refractivity contribution in [2.45, 2.75) is 45.9 Å². The van der Waals surface area contributed by atoms with E-state index in [9.17, 15) is 0 Å². The van der Waals surface area contributed by atoms with Gasteiger partial charge in [0.2, 0.25) is 0 Å². The van der Waals surface area contributed by atoms with Crippen LogP contribution in [-0.4, -0.2) is 47.5 Å². The van der Waals surface area contributed by atoms with Gasteiger partial charge in [0.25, 0.3) is 0 Å². The molecule has 0 aliphatic carbocycles. The molecule has 1 aromatic heterocycles. The van der Waals surface area contributed by atoms with Crippen molar-refractivity contribution < 1.29 is 9.47 Å². The number of fused-ring (bicyclic) bond motifs is 1. The van der Waals surface area contributed by atoms with Gasteiger partial charge in [-0.15, -0.1) is 34.2 Å². The Morgan fingerprint density at radius 3 is 2.93 bits per heavy atom. The number of rotatable bonds is 7. The fraction of sp³-hybridized carbons (Fsp3) is 0.526. The Balaban J connectivity index is 0.00000280. The summed E-state index contributed by atoms with van der Waals surface area (Å²) >= 11 is 0. The quantitative estimate of drug-likeness (QED) is 0.345. The fourth-order valence-electron chi connectivity index (χ4n) is 3.24. The molecule has 9 heteroatoms. The van der Waals surface area contributed by atoms with Gasteiger partial charge in [-0.05, 0) is 19.1 Å². The van der Waals surface area contributed by atoms with Crippen molar-refractivity contribution in [3.63, 3.8) is 0 Å². The van der Waals surface area contributed by atoms with Crippen LogP contribution in [0.25, 0.3) is 0 Å². The summed E-state index contributed by atoms with van der Waals surface area (Å²) in [6.45, 7) is 6.26. The second kappa shape index (κ2) is 10.5. The van der Waals surface area contributed by atoms with Gasteiger partial charge in [-0.1, -0.05) is 6.92 Å². The molecule has 0 radical (unpaired) electrons. The molecule has 154 valence electrons. The summed E-state index contributed by atoms with van der Waals surface area (Å²) in [4.78, 5) is 4.29. The number of hydrogen-bond acceptors (Lipinski definition) is 5. The van der Waals surface area contributed by atoms with Gasteiger partial charge in [0.15, 0.2) is 5.96 Å². The van der Waals surface area contributed by atoms with Crippen LogP contribution >= 0.6 is 24.0 Å². The van der Waals surface area contributed by atoms with E-state index in [0.717, 1.165) is 54.8 Å². The molecule has 2 N–H and O–H groups in total. The molecule has 1 aromatic carbocycles. The molecule has 2 heterocycles. The van der Waals surface area contributed by atoms with Crippen LogP contribution in [0.3, 0.4) is 0 Å². The van der Waals surface area contributed by atoms with Gasteiger partial charge in [0.05, 0.1) is 7.11 Å². The highest BCUT2D eigenvalue weighted by molar-refractivity contribution is 14.0. The molecule has 0 bridgehead atoms. The maximum absolute atomic E-state index is 5.86. The van der Waals surface area contributed by atoms with Crippen LogP contribution < -0.4 is 20.1 Å². The number of aryl methyl sites for hydroxylation is 1. The van der Waals surface area contributed by atoms with E-state index in [1.165, 1.54) is 5.56 Å². The molecular weight excluding hydrogens is 471 g/mol. The monoisotopic (exact) mass is 500 g/mol. The molecule has 2 aromatic rings. The lowest BCUT2D eigenvalue weighted by molar-refractivity contribution is 0.254. The second-order valence-electron chi connectivity index (χ2n) is 6.55. The van der Waals surface area contributed by atoms with Crippen molar-refractivity contribution in [2.75, 3.05) is 20.7 Å². The topological polar surface area (TPSA) is 85.6 Å². The lowest BCUT2D eigenvalue weighted by atomic mass is 10.1. The highest BCUT2D eigenvalue weighted by Gasteiger charge is 2.21. The molecule has 0 saturated heterocycles. The number of halogens is 1. The zero-order chi connectivity index (χ0) is 19.2. The molecule has 8 nitrogen and oxygen atoms in total. The predicted octanol–water partition coefficient (Wildman–Crippen LogP) is 2.16. The van der Waals surface area contributed by atoms with Crippen molar-refractivity contribution >= 4 is 29.9 Å². The number of nitrogens with one attached hydrogen (secondary N) is 2. The predicted molar refractivity (Wildman–Crippen MR) is 120 cm³/mol. The summed E-state index contributed by atoms with van der Waals surface area (Å²) in [5.74, 6) is 3.53. The van der Waals surface area contributed by atoms with E-state index >= 15 is 0 Å². The first-order valence-electron chi connectivity index (χ1n) is 9.32. The molecule has 1 unspecified atom stereocenters. The maximum atomic E-state index is 5.86. The Bertz CT molecular complexity index is 808. The number of guanidine groups is 1. The number of hydrogen-bond donors (Lipinski definition) is 2. The standard InChI is InChI=1S/C19H28N6O2.HI/c1-5-18-24-23-12-25(18)7-6-21-19(20-3)22-11-15-10-17-14(8-13(2)27-17)9-16(15)26-4;/h9-10,12-13H,5-8,11H2,1-4H3,(H2,20,21,22);1H. The van der Waals surface area contributed by atoms with E-state index in [4.69, 9.17) is 9.47 Å². The number of methoxy groups -OCH3 is 1. The highest BCUT2D eigenvalue weighted by Crippen LogP contribution is 2.34. The average molecular weight is 500 g/mol. The molecule has 0 spiro atoms. The van der Waals surface area contributed by atoms with Gasteiger partial charge in [0, 0.05) is 50.7 Å². The largest absolute Gasteiger partial charge is 0.496 e. The SMILES string of the molecule is CCc1nncn1CCNC(=NC)NCc1cc2c(cc1OC)CC(C)O2.I. The zero-order valence-electron chi connectivity index (χ0n) is 16.9. The molecule has 3 rings (SSSR count). The third-order valence-electron chi connectivity index (χ3n) is 4.63. The van der Waals surface area contributed by atoms with Crippen molar-refractivity contribution in [1.29, 1.82) is 0 Å². The highest BCUT2D eigenvalue weighted by atomic mass is 127. The summed E-state index contributed by atoms with van der Waals surface area (Å²) in [6.07, 6.45) is 3.76. The number of ether oxygens (including phenoxy) is 2. The summed E-state index contributed by atoms with van der Waals surface area (Å²) in [6, 6.07) is 4.13. The van der Waals surface area contributed by atoms with E-state index in [1.54, 1.807) is 20.5 Å². The van der Waals surface area contributed by atoms with Crippen LogP contribution in [0.1, 0.15) is 30.8 Å². The Morgan fingerprint density at radius 1 is 1.39 bits per heavy atom. The molecule has 1 aliphatic heterocycles. The van der Waals surface area contributed by atoms with Gasteiger partial charge in [-0.3, -0.25) is 4.99 Å². The third kappa shape index (κ3) is 5.27. The smallest absolute Gasteiger partial charge is 0.191 e. The Kier molecular flexibility index (Phi) is 8.34. The lowest BCUT2D eigenvalue weighted by Crippen LogP contribution is -2.38. The van der Waals surface area contributed by atoms with Crippen LogP contribution in [0, 0.1) is 0 Å². The summed E-state index contributed by atoms with van der Waals surface area (Å²) in [5, 5.41) is 14.7. The molecule has 0 fully saturated rings. The first kappa shape index (κ1) is 22.3. The number of aliphatic imine (C=N–C) groups is 1. The van der Waals surface area contributed by atoms with E-state index < -0.39 is 0 Å². The minimum absolute atomic E-state index is 0. The van der Waals surface area contributed by atoms with E-state index in [2.05, 4.69) is 51.8 Å². The first-order valence-corrected chi connectivity index (χ1v) is 9.32. The van der Waals surface area contributed by atoms with Crippen molar-refractivity contribution in [3.05, 3.63) is 35.4 Å². The zero-order valence-corrected chi connectivity index (χ0v) is 19.2. The van der Waals surface area contributed by atoms with Crippen molar-refractivity contribution in [3.8, 4) is 11.5 Å². The van der Waals surface area contributed by atoms with Crippen LogP contribution in [0.4, 0.5) is 0 Å². The van der Waals surface area contributed by atoms with Crippen molar-refractivity contribution in [2.24, 2.45) is 4.99 Å². The molecule has 1 atom stereocenters. The van der Waals surface area contributed by atoms with Crippen LogP contribution in [0.2, 0.25) is 0 Å². The van der Waals surface area contributed by atoms with Crippen LogP contribution in [0.15, 0.2) is 23.5 Å². The molecule has 0 saturated carbocycles. The van der Waals surface area contributed by atoms with Gasteiger partial charge in [-0.2, -0.15) is 0 Å². The van der Waals surface area contributed by atoms with Crippen molar-refractivity contribution in [1.82, 2.24) is 25.4 Å². The van der Waals surface area contributed by atoms with Gasteiger partial charge >= 0.3 is 0 Å². The number of benzene rings is 1. The molecule has 1 aliphatic rings. The van der Waals surface area contributed by atoms with Gasteiger partial charge < -0.3 is 24.7 Å². The summed E-state index contributed by atoms with van der Waals surface area (Å²) < 4.78 is 13.5. The van der Waals surface area contributed by atoms with E-state index in [-0.39, 0.29) is 30.1 Å². The fourth-order valence-corrected chi connectivity index (χ4v) is 3.24. The Labute approximate surface area is 183 Å². The normalized spacial score (nSPS) is 15.4. The molecular formula is C19H29IN6O2. The summed E-state index contributed by atoms with van der Waals surface area (Å²) in [7, 11) is 3.46. The Morgan fingerprint density at radius 2 is 2.21 bits per heavy atom. The lowest BCUT2D eigenvalue weighted by Gasteiger charge is -2.15.